The Hall–Kier alpha value is -3.84. The fourth-order valence-corrected chi connectivity index (χ4v) is 5.58. The van der Waals surface area contributed by atoms with E-state index >= 15 is 0 Å². The summed E-state index contributed by atoms with van der Waals surface area (Å²) in [6.45, 7) is 1.07. The van der Waals surface area contributed by atoms with Gasteiger partial charge in [0.05, 0.1) is 32.9 Å². The summed E-state index contributed by atoms with van der Waals surface area (Å²) < 4.78 is 35.8. The molecule has 3 heterocycles. The second-order valence-corrected chi connectivity index (χ2v) is 9.11. The van der Waals surface area contributed by atoms with Gasteiger partial charge in [0, 0.05) is 17.7 Å². The molecular formula is C29H29NO6. The van der Waals surface area contributed by atoms with Crippen molar-refractivity contribution < 1.29 is 28.4 Å². The highest BCUT2D eigenvalue weighted by Gasteiger charge is 2.44. The minimum atomic E-state index is -0.298. The summed E-state index contributed by atoms with van der Waals surface area (Å²) in [5.74, 6) is 4.17. The Bertz CT molecular complexity index is 1340. The third-order valence-corrected chi connectivity index (χ3v) is 7.22. The molecule has 0 saturated carbocycles. The minimum Gasteiger partial charge on any atom is -0.493 e. The minimum absolute atomic E-state index is 0.114. The third-order valence-electron chi connectivity index (χ3n) is 7.22. The molecule has 6 rings (SSSR count). The van der Waals surface area contributed by atoms with E-state index in [0.717, 1.165) is 46.7 Å². The van der Waals surface area contributed by atoms with Gasteiger partial charge in [0.1, 0.15) is 11.9 Å². The van der Waals surface area contributed by atoms with E-state index in [-0.39, 0.29) is 18.9 Å². The Morgan fingerprint density at radius 2 is 1.75 bits per heavy atom. The first kappa shape index (κ1) is 22.6. The molecule has 0 N–H and O–H groups in total. The van der Waals surface area contributed by atoms with Crippen molar-refractivity contribution in [2.24, 2.45) is 0 Å². The molecule has 0 aliphatic carbocycles. The van der Waals surface area contributed by atoms with Crippen molar-refractivity contribution in [1.29, 1.82) is 0 Å². The van der Waals surface area contributed by atoms with Crippen LogP contribution in [-0.4, -0.2) is 46.6 Å². The number of benzene rings is 3. The molecule has 3 aliphatic heterocycles. The summed E-state index contributed by atoms with van der Waals surface area (Å²) >= 11 is 0. The molecule has 0 amide bonds. The quantitative estimate of drug-likeness (QED) is 0.488. The molecule has 7 heteroatoms. The zero-order valence-electron chi connectivity index (χ0n) is 20.9. The van der Waals surface area contributed by atoms with Gasteiger partial charge in [0.25, 0.3) is 0 Å². The number of likely N-dealkylation sites (N-methyl/N-ethyl adjacent to an activating group) is 1. The molecule has 3 aromatic carbocycles. The molecule has 0 radical (unpaired) electrons. The average molecular weight is 488 g/mol. The second-order valence-electron chi connectivity index (χ2n) is 9.11. The lowest BCUT2D eigenvalue weighted by Crippen LogP contribution is -2.36. The molecule has 36 heavy (non-hydrogen) atoms. The molecule has 3 aliphatic rings. The van der Waals surface area contributed by atoms with Gasteiger partial charge in [-0.15, -0.1) is 0 Å². The van der Waals surface area contributed by atoms with Crippen LogP contribution in [0.5, 0.6) is 28.7 Å². The van der Waals surface area contributed by atoms with Crippen molar-refractivity contribution >= 4 is 11.8 Å². The number of rotatable bonds is 5. The normalized spacial score (nSPS) is 21.1. The van der Waals surface area contributed by atoms with Gasteiger partial charge < -0.3 is 28.4 Å². The van der Waals surface area contributed by atoms with Gasteiger partial charge in [-0.05, 0) is 42.8 Å². The lowest BCUT2D eigenvalue weighted by Gasteiger charge is -2.38. The summed E-state index contributed by atoms with van der Waals surface area (Å²) in [4.78, 5) is 2.32. The third kappa shape index (κ3) is 3.45. The average Bonchev–Trinajstić information content (AvgIpc) is 3.52. The predicted molar refractivity (Wildman–Crippen MR) is 136 cm³/mol. The molecule has 2 unspecified atom stereocenters. The van der Waals surface area contributed by atoms with E-state index in [1.807, 2.05) is 24.3 Å². The number of ether oxygens (including phenoxy) is 6. The van der Waals surface area contributed by atoms with Crippen LogP contribution in [0.25, 0.3) is 11.8 Å². The van der Waals surface area contributed by atoms with Crippen LogP contribution in [0.3, 0.4) is 0 Å². The second kappa shape index (κ2) is 8.99. The van der Waals surface area contributed by atoms with E-state index in [1.165, 1.54) is 5.56 Å². The van der Waals surface area contributed by atoms with E-state index in [4.69, 9.17) is 28.4 Å². The largest absolute Gasteiger partial charge is 0.493 e. The van der Waals surface area contributed by atoms with Crippen LogP contribution >= 0.6 is 0 Å². The first-order chi connectivity index (χ1) is 17.6. The number of methoxy groups -OCH3 is 3. The Morgan fingerprint density at radius 1 is 0.944 bits per heavy atom. The molecule has 186 valence electrons. The molecule has 2 atom stereocenters. The van der Waals surface area contributed by atoms with Crippen molar-refractivity contribution in [3.8, 4) is 28.7 Å². The first-order valence-corrected chi connectivity index (χ1v) is 12.0. The van der Waals surface area contributed by atoms with Crippen molar-refractivity contribution in [2.45, 2.75) is 18.6 Å². The summed E-state index contributed by atoms with van der Waals surface area (Å²) in [6.07, 6.45) is 2.64. The molecule has 7 nitrogen and oxygen atoms in total. The van der Waals surface area contributed by atoms with Gasteiger partial charge in [-0.25, -0.2) is 0 Å². The summed E-state index contributed by atoms with van der Waals surface area (Å²) in [5.41, 5.74) is 5.25. The highest BCUT2D eigenvalue weighted by Crippen LogP contribution is 2.57. The predicted octanol–water partition coefficient (Wildman–Crippen LogP) is 5.24. The Labute approximate surface area is 210 Å². The molecule has 0 fully saturated rings. The first-order valence-electron chi connectivity index (χ1n) is 12.0. The van der Waals surface area contributed by atoms with Gasteiger partial charge >= 0.3 is 0 Å². The Balaban J connectivity index is 1.55. The lowest BCUT2D eigenvalue weighted by atomic mass is 9.85. The number of fused-ring (bicyclic) bond motifs is 3. The molecule has 3 aromatic rings. The SMILES string of the molecule is COc1ccc2c(c1OC)/C(=C/c1ccccc1)OC2C1c2c(cc3c(c2OC)OCO3)CCN1C. The summed E-state index contributed by atoms with van der Waals surface area (Å²) in [7, 11) is 7.12. The zero-order chi connectivity index (χ0) is 24.8. The monoisotopic (exact) mass is 487 g/mol. The molecule has 0 aromatic heterocycles. The van der Waals surface area contributed by atoms with Crippen LogP contribution in [-0.2, 0) is 11.2 Å². The Morgan fingerprint density at radius 3 is 2.50 bits per heavy atom. The number of nitrogens with zero attached hydrogens (tertiary/aromatic N) is 1. The van der Waals surface area contributed by atoms with Crippen LogP contribution in [0.4, 0.5) is 0 Å². The fourth-order valence-electron chi connectivity index (χ4n) is 5.58. The maximum Gasteiger partial charge on any atom is 0.231 e. The van der Waals surface area contributed by atoms with Gasteiger partial charge in [0.2, 0.25) is 12.5 Å². The van der Waals surface area contributed by atoms with E-state index in [1.54, 1.807) is 21.3 Å². The molecule has 0 spiro atoms. The van der Waals surface area contributed by atoms with Gasteiger partial charge in [0.15, 0.2) is 23.0 Å². The summed E-state index contributed by atoms with van der Waals surface area (Å²) in [6, 6.07) is 16.1. The number of hydrogen-bond acceptors (Lipinski definition) is 7. The standard InChI is InChI=1S/C29H29NO6/c1-30-13-12-18-15-22-28(35-16-34-22)29(33-4)23(18)25(30)26-19-10-11-20(31-2)27(32-3)24(19)21(36-26)14-17-8-6-5-7-9-17/h5-11,14-15,25-26H,12-13,16H2,1-4H3/b21-14-. The maximum absolute atomic E-state index is 6.82. The molecule has 0 bridgehead atoms. The van der Waals surface area contributed by atoms with E-state index in [0.29, 0.717) is 23.0 Å². The van der Waals surface area contributed by atoms with Crippen molar-refractivity contribution in [3.05, 3.63) is 76.3 Å². The van der Waals surface area contributed by atoms with Crippen LogP contribution in [0.1, 0.15) is 40.0 Å². The Kier molecular flexibility index (Phi) is 5.64. The lowest BCUT2D eigenvalue weighted by molar-refractivity contribution is 0.0642. The smallest absolute Gasteiger partial charge is 0.231 e. The molecule has 0 saturated heterocycles. The number of hydrogen-bond donors (Lipinski definition) is 0. The van der Waals surface area contributed by atoms with Crippen molar-refractivity contribution in [2.75, 3.05) is 41.7 Å². The molecular weight excluding hydrogens is 458 g/mol. The summed E-state index contributed by atoms with van der Waals surface area (Å²) in [5, 5.41) is 0. The maximum atomic E-state index is 6.82. The van der Waals surface area contributed by atoms with E-state index < -0.39 is 0 Å². The van der Waals surface area contributed by atoms with Crippen LogP contribution in [0.15, 0.2) is 48.5 Å². The highest BCUT2D eigenvalue weighted by molar-refractivity contribution is 5.85. The van der Waals surface area contributed by atoms with Crippen molar-refractivity contribution in [3.63, 3.8) is 0 Å². The van der Waals surface area contributed by atoms with Gasteiger partial charge in [-0.3, -0.25) is 4.90 Å². The van der Waals surface area contributed by atoms with Crippen LogP contribution in [0.2, 0.25) is 0 Å². The fraction of sp³-hybridized carbons (Fsp3) is 0.310. The highest BCUT2D eigenvalue weighted by atomic mass is 16.7. The van der Waals surface area contributed by atoms with Gasteiger partial charge in [-0.2, -0.15) is 0 Å². The van der Waals surface area contributed by atoms with Crippen LogP contribution in [0, 0.1) is 0 Å². The van der Waals surface area contributed by atoms with Crippen molar-refractivity contribution in [1.82, 2.24) is 4.90 Å². The van der Waals surface area contributed by atoms with Crippen LogP contribution < -0.4 is 23.7 Å². The zero-order valence-corrected chi connectivity index (χ0v) is 20.9. The van der Waals surface area contributed by atoms with E-state index in [9.17, 15) is 0 Å². The van der Waals surface area contributed by atoms with Gasteiger partial charge in [-0.1, -0.05) is 36.4 Å². The van der Waals surface area contributed by atoms with E-state index in [2.05, 4.69) is 42.3 Å². The topological polar surface area (TPSA) is 58.6 Å².